The number of hydrogen-bond acceptors (Lipinski definition) is 4. The van der Waals surface area contributed by atoms with Gasteiger partial charge in [-0.1, -0.05) is 78.1 Å². The Labute approximate surface area is 226 Å². The summed E-state index contributed by atoms with van der Waals surface area (Å²) in [5.41, 5.74) is 0.341. The van der Waals surface area contributed by atoms with Gasteiger partial charge in [0.1, 0.15) is 0 Å². The summed E-state index contributed by atoms with van der Waals surface area (Å²) in [6, 6.07) is 0. The SMILES string of the molecule is CCCCCCCCCCOC(=O)c1c(Br)c(Br)c(Br)c(Br)c1C(=O)OCCCCCC. The van der Waals surface area contributed by atoms with E-state index in [2.05, 4.69) is 77.6 Å². The molecule has 182 valence electrons. The molecular weight excluding hydrogens is 672 g/mol. The zero-order chi connectivity index (χ0) is 23.9. The van der Waals surface area contributed by atoms with Crippen molar-refractivity contribution in [1.82, 2.24) is 0 Å². The first-order chi connectivity index (χ1) is 15.4. The second-order valence-corrected chi connectivity index (χ2v) is 11.0. The van der Waals surface area contributed by atoms with E-state index in [1.54, 1.807) is 0 Å². The maximum atomic E-state index is 12.9. The number of unbranched alkanes of at least 4 members (excludes halogenated alkanes) is 10. The molecule has 0 amide bonds. The van der Waals surface area contributed by atoms with Gasteiger partial charge in [-0.15, -0.1) is 0 Å². The topological polar surface area (TPSA) is 52.6 Å². The van der Waals surface area contributed by atoms with E-state index in [4.69, 9.17) is 9.47 Å². The van der Waals surface area contributed by atoms with Crippen molar-refractivity contribution in [1.29, 1.82) is 0 Å². The van der Waals surface area contributed by atoms with E-state index in [0.717, 1.165) is 44.9 Å². The van der Waals surface area contributed by atoms with Crippen molar-refractivity contribution >= 4 is 75.7 Å². The largest absolute Gasteiger partial charge is 0.462 e. The maximum Gasteiger partial charge on any atom is 0.340 e. The number of benzene rings is 1. The minimum atomic E-state index is -0.540. The average molecular weight is 706 g/mol. The molecule has 0 radical (unpaired) electrons. The highest BCUT2D eigenvalue weighted by Gasteiger charge is 2.29. The van der Waals surface area contributed by atoms with E-state index in [9.17, 15) is 9.59 Å². The summed E-state index contributed by atoms with van der Waals surface area (Å²) < 4.78 is 13.2. The van der Waals surface area contributed by atoms with Crippen LogP contribution < -0.4 is 0 Å². The standard InChI is InChI=1S/C24H34Br4O4/c1-3-5-7-9-10-11-12-14-16-32-24(30)18-17(19(25)21(27)22(28)20(18)26)23(29)31-15-13-8-6-4-2/h3-16H2,1-2H3. The second kappa shape index (κ2) is 17.5. The third kappa shape index (κ3) is 10.1. The molecule has 0 aliphatic heterocycles. The van der Waals surface area contributed by atoms with Crippen molar-refractivity contribution in [3.05, 3.63) is 29.0 Å². The number of carbonyl (C=O) groups excluding carboxylic acids is 2. The van der Waals surface area contributed by atoms with Crippen LogP contribution in [-0.4, -0.2) is 25.2 Å². The van der Waals surface area contributed by atoms with Crippen LogP contribution >= 0.6 is 63.7 Å². The number of esters is 2. The highest BCUT2D eigenvalue weighted by molar-refractivity contribution is 9.15. The smallest absolute Gasteiger partial charge is 0.340 e. The molecule has 0 N–H and O–H groups in total. The van der Waals surface area contributed by atoms with E-state index in [1.807, 2.05) is 0 Å². The molecule has 0 fully saturated rings. The van der Waals surface area contributed by atoms with Gasteiger partial charge in [-0.3, -0.25) is 0 Å². The minimum Gasteiger partial charge on any atom is -0.462 e. The fraction of sp³-hybridized carbons (Fsp3) is 0.667. The molecule has 0 saturated heterocycles. The Kier molecular flexibility index (Phi) is 16.5. The fourth-order valence-corrected chi connectivity index (χ4v) is 5.70. The van der Waals surface area contributed by atoms with E-state index in [0.29, 0.717) is 31.1 Å². The number of halogens is 4. The van der Waals surface area contributed by atoms with E-state index >= 15 is 0 Å². The molecule has 32 heavy (non-hydrogen) atoms. The molecule has 1 aromatic rings. The predicted molar refractivity (Wildman–Crippen MR) is 145 cm³/mol. The van der Waals surface area contributed by atoms with Crippen LogP contribution in [0.2, 0.25) is 0 Å². The Bertz CT molecular complexity index is 737. The van der Waals surface area contributed by atoms with Crippen LogP contribution in [0.1, 0.15) is 112 Å². The van der Waals surface area contributed by atoms with Crippen molar-refractivity contribution in [3.8, 4) is 0 Å². The first-order valence-corrected chi connectivity index (χ1v) is 14.7. The van der Waals surface area contributed by atoms with Crippen LogP contribution in [-0.2, 0) is 9.47 Å². The monoisotopic (exact) mass is 702 g/mol. The third-order valence-corrected chi connectivity index (χ3v) is 9.91. The quantitative estimate of drug-likeness (QED) is 0.0744. The summed E-state index contributed by atoms with van der Waals surface area (Å²) in [5, 5.41) is 0. The lowest BCUT2D eigenvalue weighted by atomic mass is 10.1. The van der Waals surface area contributed by atoms with Crippen molar-refractivity contribution in [3.63, 3.8) is 0 Å². The van der Waals surface area contributed by atoms with Crippen molar-refractivity contribution < 1.29 is 19.1 Å². The molecule has 0 heterocycles. The zero-order valence-corrected chi connectivity index (χ0v) is 25.4. The molecule has 0 saturated carbocycles. The van der Waals surface area contributed by atoms with Crippen molar-refractivity contribution in [2.75, 3.05) is 13.2 Å². The van der Waals surface area contributed by atoms with Crippen molar-refractivity contribution in [2.24, 2.45) is 0 Å². The summed E-state index contributed by atoms with van der Waals surface area (Å²) in [7, 11) is 0. The van der Waals surface area contributed by atoms with Gasteiger partial charge in [0.2, 0.25) is 0 Å². The fourth-order valence-electron chi connectivity index (χ4n) is 3.25. The normalized spacial score (nSPS) is 10.9. The Morgan fingerprint density at radius 3 is 1.22 bits per heavy atom. The lowest BCUT2D eigenvalue weighted by Gasteiger charge is -2.16. The number of carbonyl (C=O) groups is 2. The number of rotatable bonds is 16. The highest BCUT2D eigenvalue weighted by Crippen LogP contribution is 2.42. The Morgan fingerprint density at radius 2 is 0.844 bits per heavy atom. The first kappa shape index (κ1) is 30.1. The molecule has 0 spiro atoms. The zero-order valence-electron chi connectivity index (χ0n) is 19.0. The molecule has 0 aliphatic carbocycles. The molecule has 0 aliphatic rings. The van der Waals surface area contributed by atoms with Crippen LogP contribution in [0.5, 0.6) is 0 Å². The molecule has 0 atom stereocenters. The van der Waals surface area contributed by atoms with Crippen LogP contribution in [0.4, 0.5) is 0 Å². The summed E-state index contributed by atoms with van der Waals surface area (Å²) in [6.45, 7) is 5.00. The molecule has 0 bridgehead atoms. The van der Waals surface area contributed by atoms with Gasteiger partial charge in [0, 0.05) is 17.9 Å². The Hall–Kier alpha value is 0.0800. The van der Waals surface area contributed by atoms with Gasteiger partial charge in [-0.05, 0) is 76.6 Å². The van der Waals surface area contributed by atoms with Crippen molar-refractivity contribution in [2.45, 2.75) is 90.9 Å². The summed E-state index contributed by atoms with van der Waals surface area (Å²) in [6.07, 6.45) is 13.4. The van der Waals surface area contributed by atoms with Crippen LogP contribution in [0.3, 0.4) is 0 Å². The lowest BCUT2D eigenvalue weighted by molar-refractivity contribution is 0.0448. The molecular formula is C24H34Br4O4. The number of hydrogen-bond donors (Lipinski definition) is 0. The van der Waals surface area contributed by atoms with Gasteiger partial charge in [-0.25, -0.2) is 9.59 Å². The van der Waals surface area contributed by atoms with E-state index < -0.39 is 11.9 Å². The molecule has 4 nitrogen and oxygen atoms in total. The molecule has 8 heteroatoms. The van der Waals surface area contributed by atoms with E-state index in [-0.39, 0.29) is 11.1 Å². The summed E-state index contributed by atoms with van der Waals surface area (Å²) in [4.78, 5) is 25.8. The molecule has 1 aromatic carbocycles. The van der Waals surface area contributed by atoms with Crippen LogP contribution in [0, 0.1) is 0 Å². The maximum absolute atomic E-state index is 12.9. The summed E-state index contributed by atoms with van der Waals surface area (Å²) >= 11 is 13.8. The lowest BCUT2D eigenvalue weighted by Crippen LogP contribution is -2.17. The van der Waals surface area contributed by atoms with Gasteiger partial charge in [0.05, 0.1) is 24.3 Å². The van der Waals surface area contributed by atoms with Crippen LogP contribution in [0.15, 0.2) is 17.9 Å². The van der Waals surface area contributed by atoms with E-state index in [1.165, 1.54) is 32.1 Å². The molecule has 0 aromatic heterocycles. The second-order valence-electron chi connectivity index (χ2n) is 7.81. The van der Waals surface area contributed by atoms with Gasteiger partial charge < -0.3 is 9.47 Å². The van der Waals surface area contributed by atoms with Crippen LogP contribution in [0.25, 0.3) is 0 Å². The first-order valence-electron chi connectivity index (χ1n) is 11.6. The minimum absolute atomic E-state index is 0.170. The van der Waals surface area contributed by atoms with Gasteiger partial charge in [0.25, 0.3) is 0 Å². The van der Waals surface area contributed by atoms with Gasteiger partial charge in [-0.2, -0.15) is 0 Å². The third-order valence-electron chi connectivity index (χ3n) is 5.14. The molecule has 1 rings (SSSR count). The Morgan fingerprint density at radius 1 is 0.531 bits per heavy atom. The summed E-state index contributed by atoms with van der Waals surface area (Å²) in [5.74, 6) is -1.08. The predicted octanol–water partition coefficient (Wildman–Crippen LogP) is 9.77. The average Bonchev–Trinajstić information content (AvgIpc) is 2.78. The Balaban J connectivity index is 2.74. The molecule has 0 unspecified atom stereocenters. The van der Waals surface area contributed by atoms with Gasteiger partial charge >= 0.3 is 11.9 Å². The number of ether oxygens (including phenoxy) is 2. The van der Waals surface area contributed by atoms with Gasteiger partial charge in [0.15, 0.2) is 0 Å². The highest BCUT2D eigenvalue weighted by atomic mass is 79.9.